The summed E-state index contributed by atoms with van der Waals surface area (Å²) in [6.45, 7) is 6.35. The van der Waals surface area contributed by atoms with Crippen molar-refractivity contribution in [3.8, 4) is 0 Å². The van der Waals surface area contributed by atoms with Crippen LogP contribution in [0.5, 0.6) is 0 Å². The molecule has 0 aliphatic rings. The highest BCUT2D eigenvalue weighted by Crippen LogP contribution is 2.28. The van der Waals surface area contributed by atoms with E-state index in [1.807, 2.05) is 20.8 Å². The first-order valence-corrected chi connectivity index (χ1v) is 6.60. The molecule has 0 radical (unpaired) electrons. The van der Waals surface area contributed by atoms with E-state index in [4.69, 9.17) is 5.11 Å². The Balaban J connectivity index is 3.11. The van der Waals surface area contributed by atoms with Crippen LogP contribution in [0.4, 0.5) is 17.5 Å². The molecule has 112 valence electrons. The Bertz CT molecular complexity index is 468. The maximum atomic E-state index is 11.0. The standard InChI is InChI=1S/C12H21N5O3/c1-4-12(3,6-7-18)16-10-9(17(19)20)8-14-11(15-10)13-5-2/h8,18H,4-7H2,1-3H3,(H2,13,14,15,16). The van der Waals surface area contributed by atoms with Gasteiger partial charge in [0.2, 0.25) is 11.8 Å². The molecule has 1 rings (SSSR count). The zero-order valence-corrected chi connectivity index (χ0v) is 12.0. The van der Waals surface area contributed by atoms with E-state index in [0.717, 1.165) is 0 Å². The Labute approximate surface area is 117 Å². The molecule has 1 unspecified atom stereocenters. The summed E-state index contributed by atoms with van der Waals surface area (Å²) in [4.78, 5) is 18.6. The van der Waals surface area contributed by atoms with Crippen LogP contribution >= 0.6 is 0 Å². The van der Waals surface area contributed by atoms with Crippen molar-refractivity contribution in [2.24, 2.45) is 0 Å². The van der Waals surface area contributed by atoms with Crippen molar-refractivity contribution in [3.63, 3.8) is 0 Å². The van der Waals surface area contributed by atoms with Crippen LogP contribution in [0.1, 0.15) is 33.6 Å². The Morgan fingerprint density at radius 2 is 2.20 bits per heavy atom. The van der Waals surface area contributed by atoms with Crippen LogP contribution < -0.4 is 10.6 Å². The molecule has 0 bridgehead atoms. The third kappa shape index (κ3) is 4.02. The quantitative estimate of drug-likeness (QED) is 0.492. The summed E-state index contributed by atoms with van der Waals surface area (Å²) >= 11 is 0. The number of nitro groups is 1. The molecule has 0 saturated carbocycles. The van der Waals surface area contributed by atoms with Crippen LogP contribution in [0.2, 0.25) is 0 Å². The summed E-state index contributed by atoms with van der Waals surface area (Å²) in [5.74, 6) is 0.502. The Morgan fingerprint density at radius 3 is 2.70 bits per heavy atom. The average Bonchev–Trinajstić information content (AvgIpc) is 2.39. The van der Waals surface area contributed by atoms with E-state index >= 15 is 0 Å². The Morgan fingerprint density at radius 1 is 1.50 bits per heavy atom. The van der Waals surface area contributed by atoms with Gasteiger partial charge in [0.05, 0.1) is 4.92 Å². The van der Waals surface area contributed by atoms with E-state index in [0.29, 0.717) is 25.3 Å². The maximum absolute atomic E-state index is 11.0. The molecule has 1 heterocycles. The molecule has 1 aromatic rings. The lowest BCUT2D eigenvalue weighted by Gasteiger charge is -2.29. The molecule has 0 aliphatic heterocycles. The lowest BCUT2D eigenvalue weighted by Crippen LogP contribution is -2.35. The third-order valence-corrected chi connectivity index (χ3v) is 3.17. The monoisotopic (exact) mass is 283 g/mol. The second-order valence-electron chi connectivity index (χ2n) is 4.73. The summed E-state index contributed by atoms with van der Waals surface area (Å²) in [5, 5.41) is 26.1. The molecule has 0 amide bonds. The second kappa shape index (κ2) is 6.99. The van der Waals surface area contributed by atoms with Crippen molar-refractivity contribution >= 4 is 17.5 Å². The van der Waals surface area contributed by atoms with Crippen molar-refractivity contribution in [3.05, 3.63) is 16.3 Å². The van der Waals surface area contributed by atoms with Crippen molar-refractivity contribution in [1.29, 1.82) is 0 Å². The van der Waals surface area contributed by atoms with Crippen LogP contribution in [-0.4, -0.2) is 38.7 Å². The number of aliphatic hydroxyl groups excluding tert-OH is 1. The minimum atomic E-state index is -0.521. The lowest BCUT2D eigenvalue weighted by molar-refractivity contribution is -0.384. The van der Waals surface area contributed by atoms with Crippen molar-refractivity contribution < 1.29 is 10.0 Å². The summed E-state index contributed by atoms with van der Waals surface area (Å²) in [5.41, 5.74) is -0.638. The Hall–Kier alpha value is -1.96. The first-order valence-electron chi connectivity index (χ1n) is 6.60. The molecule has 0 spiro atoms. The number of hydrogen-bond acceptors (Lipinski definition) is 7. The molecular weight excluding hydrogens is 262 g/mol. The summed E-state index contributed by atoms with van der Waals surface area (Å²) in [7, 11) is 0. The topological polar surface area (TPSA) is 113 Å². The second-order valence-corrected chi connectivity index (χ2v) is 4.73. The first kappa shape index (κ1) is 16.1. The number of aliphatic hydroxyl groups is 1. The van der Waals surface area contributed by atoms with E-state index in [1.54, 1.807) is 0 Å². The van der Waals surface area contributed by atoms with Gasteiger partial charge in [-0.25, -0.2) is 4.98 Å². The average molecular weight is 283 g/mol. The molecule has 1 aromatic heterocycles. The maximum Gasteiger partial charge on any atom is 0.329 e. The minimum Gasteiger partial charge on any atom is -0.396 e. The first-order chi connectivity index (χ1) is 9.45. The summed E-state index contributed by atoms with van der Waals surface area (Å²) in [6, 6.07) is 0. The van der Waals surface area contributed by atoms with Gasteiger partial charge in [-0.2, -0.15) is 4.98 Å². The largest absolute Gasteiger partial charge is 0.396 e. The number of hydrogen-bond donors (Lipinski definition) is 3. The summed E-state index contributed by atoms with van der Waals surface area (Å²) < 4.78 is 0. The highest BCUT2D eigenvalue weighted by Gasteiger charge is 2.26. The van der Waals surface area contributed by atoms with Crippen LogP contribution in [-0.2, 0) is 0 Å². The van der Waals surface area contributed by atoms with Crippen LogP contribution in [0, 0.1) is 10.1 Å². The number of nitrogens with zero attached hydrogens (tertiary/aromatic N) is 3. The predicted octanol–water partition coefficient (Wildman–Crippen LogP) is 1.78. The van der Waals surface area contributed by atoms with E-state index in [2.05, 4.69) is 20.6 Å². The molecular formula is C12H21N5O3. The molecule has 0 fully saturated rings. The van der Waals surface area contributed by atoms with Crippen LogP contribution in [0.15, 0.2) is 6.20 Å². The van der Waals surface area contributed by atoms with Crippen molar-refractivity contribution in [2.45, 2.75) is 39.2 Å². The third-order valence-electron chi connectivity index (χ3n) is 3.17. The number of nitrogens with one attached hydrogen (secondary N) is 2. The van der Waals surface area contributed by atoms with Gasteiger partial charge in [-0.05, 0) is 26.7 Å². The van der Waals surface area contributed by atoms with Gasteiger partial charge in [0.1, 0.15) is 6.20 Å². The molecule has 1 atom stereocenters. The van der Waals surface area contributed by atoms with Crippen LogP contribution in [0.3, 0.4) is 0 Å². The minimum absolute atomic E-state index is 0.00368. The van der Waals surface area contributed by atoms with Gasteiger partial charge in [-0.1, -0.05) is 6.92 Å². The normalized spacial score (nSPS) is 13.6. The van der Waals surface area contributed by atoms with Crippen LogP contribution in [0.25, 0.3) is 0 Å². The van der Waals surface area contributed by atoms with Gasteiger partial charge in [0.15, 0.2) is 0 Å². The van der Waals surface area contributed by atoms with Gasteiger partial charge in [0, 0.05) is 18.7 Å². The highest BCUT2D eigenvalue weighted by molar-refractivity contribution is 5.58. The SMILES string of the molecule is CCNc1ncc([N+](=O)[O-])c(NC(C)(CC)CCO)n1. The number of aromatic nitrogens is 2. The number of rotatable bonds is 8. The molecule has 0 aromatic carbocycles. The van der Waals surface area contributed by atoms with E-state index in [1.165, 1.54) is 6.20 Å². The van der Waals surface area contributed by atoms with Gasteiger partial charge in [-0.15, -0.1) is 0 Å². The van der Waals surface area contributed by atoms with Gasteiger partial charge in [0.25, 0.3) is 0 Å². The highest BCUT2D eigenvalue weighted by atomic mass is 16.6. The zero-order chi connectivity index (χ0) is 15.2. The Kier molecular flexibility index (Phi) is 5.63. The van der Waals surface area contributed by atoms with Gasteiger partial charge < -0.3 is 15.7 Å². The molecule has 0 saturated heterocycles. The fraction of sp³-hybridized carbons (Fsp3) is 0.667. The molecule has 0 aliphatic carbocycles. The van der Waals surface area contributed by atoms with E-state index in [9.17, 15) is 10.1 Å². The summed E-state index contributed by atoms with van der Waals surface area (Å²) in [6.07, 6.45) is 2.36. The van der Waals surface area contributed by atoms with Gasteiger partial charge >= 0.3 is 5.69 Å². The predicted molar refractivity (Wildman–Crippen MR) is 76.9 cm³/mol. The molecule has 3 N–H and O–H groups in total. The molecule has 8 heteroatoms. The van der Waals surface area contributed by atoms with Crippen molar-refractivity contribution in [2.75, 3.05) is 23.8 Å². The molecule has 8 nitrogen and oxygen atoms in total. The fourth-order valence-electron chi connectivity index (χ4n) is 1.70. The van der Waals surface area contributed by atoms with Crippen molar-refractivity contribution in [1.82, 2.24) is 9.97 Å². The van der Waals surface area contributed by atoms with Gasteiger partial charge in [-0.3, -0.25) is 10.1 Å². The lowest BCUT2D eigenvalue weighted by atomic mass is 9.95. The molecule has 20 heavy (non-hydrogen) atoms. The number of anilines is 2. The zero-order valence-electron chi connectivity index (χ0n) is 12.0. The van der Waals surface area contributed by atoms with E-state index < -0.39 is 10.5 Å². The fourth-order valence-corrected chi connectivity index (χ4v) is 1.70. The smallest absolute Gasteiger partial charge is 0.329 e. The van der Waals surface area contributed by atoms with E-state index in [-0.39, 0.29) is 18.1 Å².